The predicted molar refractivity (Wildman–Crippen MR) is 116 cm³/mol. The van der Waals surface area contributed by atoms with Crippen LogP contribution in [0, 0.1) is 0 Å². The first-order chi connectivity index (χ1) is 15.7. The molecular weight excluding hydrogens is 410 g/mol. The third-order valence-electron chi connectivity index (χ3n) is 4.94. The Hall–Kier alpha value is -4.07. The van der Waals surface area contributed by atoms with E-state index in [9.17, 15) is 4.79 Å². The average molecular weight is 433 g/mol. The number of ether oxygens (including phenoxy) is 2. The van der Waals surface area contributed by atoms with Gasteiger partial charge in [0.25, 0.3) is 5.91 Å². The van der Waals surface area contributed by atoms with Crippen molar-refractivity contribution in [3.8, 4) is 22.9 Å². The summed E-state index contributed by atoms with van der Waals surface area (Å²) in [6.45, 7) is 0.736. The van der Waals surface area contributed by atoms with E-state index in [-0.39, 0.29) is 5.91 Å². The van der Waals surface area contributed by atoms with Gasteiger partial charge in [-0.2, -0.15) is 4.98 Å². The Bertz CT molecular complexity index is 1160. The molecule has 0 unspecified atom stereocenters. The first kappa shape index (κ1) is 21.2. The van der Waals surface area contributed by atoms with Gasteiger partial charge in [-0.1, -0.05) is 23.4 Å². The molecular formula is C24H23N3O5. The minimum atomic E-state index is -0.0957. The van der Waals surface area contributed by atoms with Crippen LogP contribution in [0.2, 0.25) is 0 Å². The SMILES string of the molecule is COc1ccc(-c2noc(CCN(Cc3ccco3)C(=O)c3ccccc3)n2)cc1OC. The van der Waals surface area contributed by atoms with Gasteiger partial charge >= 0.3 is 0 Å². The molecule has 0 saturated heterocycles. The van der Waals surface area contributed by atoms with E-state index in [1.807, 2.05) is 30.3 Å². The van der Waals surface area contributed by atoms with Gasteiger partial charge in [-0.15, -0.1) is 0 Å². The van der Waals surface area contributed by atoms with Gasteiger partial charge in [0.1, 0.15) is 5.76 Å². The van der Waals surface area contributed by atoms with Crippen LogP contribution in [-0.4, -0.2) is 41.7 Å². The van der Waals surface area contributed by atoms with Gasteiger partial charge in [0.2, 0.25) is 11.7 Å². The van der Waals surface area contributed by atoms with Crippen LogP contribution >= 0.6 is 0 Å². The maximum Gasteiger partial charge on any atom is 0.254 e. The molecule has 0 fully saturated rings. The van der Waals surface area contributed by atoms with Gasteiger partial charge in [0.05, 0.1) is 27.0 Å². The molecule has 4 aromatic rings. The number of hydrogen-bond acceptors (Lipinski definition) is 7. The van der Waals surface area contributed by atoms with E-state index in [2.05, 4.69) is 10.1 Å². The van der Waals surface area contributed by atoms with Gasteiger partial charge < -0.3 is 23.3 Å². The third kappa shape index (κ3) is 4.80. The highest BCUT2D eigenvalue weighted by molar-refractivity contribution is 5.94. The number of carbonyl (C=O) groups is 1. The summed E-state index contributed by atoms with van der Waals surface area (Å²) in [4.78, 5) is 19.2. The van der Waals surface area contributed by atoms with Crippen molar-refractivity contribution in [3.05, 3.63) is 84.1 Å². The molecule has 0 saturated carbocycles. The zero-order valence-electron chi connectivity index (χ0n) is 17.9. The zero-order valence-corrected chi connectivity index (χ0v) is 17.9. The van der Waals surface area contributed by atoms with E-state index in [0.717, 1.165) is 5.56 Å². The molecule has 0 spiro atoms. The number of rotatable bonds is 9. The van der Waals surface area contributed by atoms with Gasteiger partial charge in [0.15, 0.2) is 11.5 Å². The quantitative estimate of drug-likeness (QED) is 0.390. The molecule has 8 nitrogen and oxygen atoms in total. The predicted octanol–water partition coefficient (Wildman–Crippen LogP) is 4.23. The summed E-state index contributed by atoms with van der Waals surface area (Å²) in [6.07, 6.45) is 1.99. The zero-order chi connectivity index (χ0) is 22.3. The van der Waals surface area contributed by atoms with Crippen molar-refractivity contribution in [3.63, 3.8) is 0 Å². The number of furan rings is 1. The fourth-order valence-electron chi connectivity index (χ4n) is 3.29. The van der Waals surface area contributed by atoms with Gasteiger partial charge in [-0.3, -0.25) is 4.79 Å². The summed E-state index contributed by atoms with van der Waals surface area (Å²) in [7, 11) is 3.15. The maximum atomic E-state index is 13.0. The molecule has 0 N–H and O–H groups in total. The molecule has 164 valence electrons. The number of carbonyl (C=O) groups excluding carboxylic acids is 1. The van der Waals surface area contributed by atoms with Crippen LogP contribution in [-0.2, 0) is 13.0 Å². The normalized spacial score (nSPS) is 10.7. The van der Waals surface area contributed by atoms with E-state index in [1.165, 1.54) is 0 Å². The molecule has 4 rings (SSSR count). The molecule has 2 aromatic carbocycles. The van der Waals surface area contributed by atoms with Crippen molar-refractivity contribution < 1.29 is 23.2 Å². The first-order valence-electron chi connectivity index (χ1n) is 10.1. The van der Waals surface area contributed by atoms with E-state index < -0.39 is 0 Å². The largest absolute Gasteiger partial charge is 0.493 e. The topological polar surface area (TPSA) is 90.8 Å². The summed E-state index contributed by atoms with van der Waals surface area (Å²) in [5.41, 5.74) is 1.35. The summed E-state index contributed by atoms with van der Waals surface area (Å²) in [5.74, 6) is 2.67. The molecule has 0 radical (unpaired) electrons. The van der Waals surface area contributed by atoms with Crippen molar-refractivity contribution in [1.29, 1.82) is 0 Å². The molecule has 0 atom stereocenters. The van der Waals surface area contributed by atoms with Crippen molar-refractivity contribution in [2.75, 3.05) is 20.8 Å². The second kappa shape index (κ2) is 9.82. The first-order valence-corrected chi connectivity index (χ1v) is 10.1. The van der Waals surface area contributed by atoms with Crippen molar-refractivity contribution in [2.45, 2.75) is 13.0 Å². The number of methoxy groups -OCH3 is 2. The monoisotopic (exact) mass is 433 g/mol. The Morgan fingerprint density at radius 1 is 1.00 bits per heavy atom. The van der Waals surface area contributed by atoms with Crippen molar-refractivity contribution >= 4 is 5.91 Å². The fourth-order valence-corrected chi connectivity index (χ4v) is 3.29. The lowest BCUT2D eigenvalue weighted by atomic mass is 10.2. The highest BCUT2D eigenvalue weighted by Gasteiger charge is 2.19. The molecule has 8 heteroatoms. The van der Waals surface area contributed by atoms with Crippen LogP contribution in [0.4, 0.5) is 0 Å². The summed E-state index contributed by atoms with van der Waals surface area (Å²) < 4.78 is 21.5. The highest BCUT2D eigenvalue weighted by Crippen LogP contribution is 2.31. The summed E-state index contributed by atoms with van der Waals surface area (Å²) in [5, 5.41) is 4.07. The smallest absolute Gasteiger partial charge is 0.254 e. The molecule has 32 heavy (non-hydrogen) atoms. The van der Waals surface area contributed by atoms with Crippen LogP contribution in [0.5, 0.6) is 11.5 Å². The van der Waals surface area contributed by atoms with Gasteiger partial charge in [-0.25, -0.2) is 0 Å². The molecule has 0 bridgehead atoms. The van der Waals surface area contributed by atoms with Crippen LogP contribution < -0.4 is 9.47 Å². The fraction of sp³-hybridized carbons (Fsp3) is 0.208. The Balaban J connectivity index is 1.49. The summed E-state index contributed by atoms with van der Waals surface area (Å²) in [6, 6.07) is 18.2. The second-order valence-electron chi connectivity index (χ2n) is 7.00. The number of amides is 1. The Labute approximate surface area is 185 Å². The Kier molecular flexibility index (Phi) is 6.50. The Morgan fingerprint density at radius 2 is 1.81 bits per heavy atom. The van der Waals surface area contributed by atoms with E-state index in [1.54, 1.807) is 55.7 Å². The minimum Gasteiger partial charge on any atom is -0.493 e. The highest BCUT2D eigenvalue weighted by atomic mass is 16.5. The van der Waals surface area contributed by atoms with E-state index in [0.29, 0.717) is 54.0 Å². The molecule has 2 heterocycles. The maximum absolute atomic E-state index is 13.0. The molecule has 2 aromatic heterocycles. The van der Waals surface area contributed by atoms with Crippen molar-refractivity contribution in [1.82, 2.24) is 15.0 Å². The lowest BCUT2D eigenvalue weighted by molar-refractivity contribution is 0.0730. The number of benzene rings is 2. The Morgan fingerprint density at radius 3 is 2.53 bits per heavy atom. The lowest BCUT2D eigenvalue weighted by Gasteiger charge is -2.21. The van der Waals surface area contributed by atoms with Gasteiger partial charge in [0, 0.05) is 24.1 Å². The third-order valence-corrected chi connectivity index (χ3v) is 4.94. The standard InChI is InChI=1S/C24H23N3O5/c1-29-20-11-10-18(15-21(20)30-2)23-25-22(32-26-23)12-13-27(16-19-9-6-14-31-19)24(28)17-7-4-3-5-8-17/h3-11,14-15H,12-13,16H2,1-2H3. The number of aromatic nitrogens is 2. The second-order valence-corrected chi connectivity index (χ2v) is 7.00. The van der Waals surface area contributed by atoms with Crippen molar-refractivity contribution in [2.24, 2.45) is 0 Å². The van der Waals surface area contributed by atoms with Crippen LogP contribution in [0.3, 0.4) is 0 Å². The molecule has 0 aliphatic heterocycles. The molecule has 0 aliphatic rings. The number of nitrogens with zero attached hydrogens (tertiary/aromatic N) is 3. The number of hydrogen-bond donors (Lipinski definition) is 0. The molecule has 1 amide bonds. The van der Waals surface area contributed by atoms with Crippen LogP contribution in [0.15, 0.2) is 75.9 Å². The summed E-state index contributed by atoms with van der Waals surface area (Å²) >= 11 is 0. The lowest BCUT2D eigenvalue weighted by Crippen LogP contribution is -2.32. The molecule has 0 aliphatic carbocycles. The van der Waals surface area contributed by atoms with Crippen LogP contribution in [0.1, 0.15) is 22.0 Å². The minimum absolute atomic E-state index is 0.0957. The van der Waals surface area contributed by atoms with Gasteiger partial charge in [-0.05, 0) is 42.5 Å². The average Bonchev–Trinajstić information content (AvgIpc) is 3.53. The van der Waals surface area contributed by atoms with Crippen LogP contribution in [0.25, 0.3) is 11.4 Å². The van der Waals surface area contributed by atoms with E-state index in [4.69, 9.17) is 18.4 Å². The van der Waals surface area contributed by atoms with E-state index >= 15 is 0 Å².